The van der Waals surface area contributed by atoms with Gasteiger partial charge in [0.15, 0.2) is 6.29 Å². The molecular formula is C17H32O2Si2. The standard InChI is InChI=1S/C17H32O2Si2/c1-9-18-17(19-10-2)12-11-16(15-21(6,7)8)13-14-20(3,4)5/h11-12,15,17H,9-10H2,1-8H3/b12-11+,16-15+. The maximum atomic E-state index is 5.54. The van der Waals surface area contributed by atoms with E-state index < -0.39 is 16.1 Å². The van der Waals surface area contributed by atoms with Crippen LogP contribution in [0.3, 0.4) is 0 Å². The summed E-state index contributed by atoms with van der Waals surface area (Å²) in [4.78, 5) is 0. The fourth-order valence-electron chi connectivity index (χ4n) is 1.52. The van der Waals surface area contributed by atoms with Crippen LogP contribution in [0.4, 0.5) is 0 Å². The minimum absolute atomic E-state index is 0.279. The van der Waals surface area contributed by atoms with Gasteiger partial charge in [0.05, 0.1) is 8.07 Å². The summed E-state index contributed by atoms with van der Waals surface area (Å²) in [6.07, 6.45) is 3.75. The average molecular weight is 325 g/mol. The van der Waals surface area contributed by atoms with E-state index in [4.69, 9.17) is 9.47 Å². The molecule has 120 valence electrons. The minimum Gasteiger partial charge on any atom is -0.349 e. The van der Waals surface area contributed by atoms with Crippen LogP contribution in [0.5, 0.6) is 0 Å². The van der Waals surface area contributed by atoms with Crippen molar-refractivity contribution >= 4 is 16.1 Å². The number of hydrogen-bond acceptors (Lipinski definition) is 2. The molecule has 0 aromatic rings. The average Bonchev–Trinajstić information content (AvgIpc) is 2.30. The highest BCUT2D eigenvalue weighted by Crippen LogP contribution is 2.10. The van der Waals surface area contributed by atoms with Crippen LogP contribution >= 0.6 is 0 Å². The van der Waals surface area contributed by atoms with Crippen molar-refractivity contribution in [3.8, 4) is 11.5 Å². The van der Waals surface area contributed by atoms with Crippen molar-refractivity contribution in [1.82, 2.24) is 0 Å². The highest BCUT2D eigenvalue weighted by molar-refractivity contribution is 6.84. The summed E-state index contributed by atoms with van der Waals surface area (Å²) >= 11 is 0. The predicted molar refractivity (Wildman–Crippen MR) is 98.7 cm³/mol. The molecule has 0 aliphatic heterocycles. The molecule has 0 rings (SSSR count). The molecule has 0 spiro atoms. The molecule has 0 unspecified atom stereocenters. The molecule has 21 heavy (non-hydrogen) atoms. The van der Waals surface area contributed by atoms with Crippen molar-refractivity contribution in [2.45, 2.75) is 59.4 Å². The number of ether oxygens (including phenoxy) is 2. The van der Waals surface area contributed by atoms with Crippen molar-refractivity contribution in [2.75, 3.05) is 13.2 Å². The smallest absolute Gasteiger partial charge is 0.177 e. The summed E-state index contributed by atoms with van der Waals surface area (Å²) in [5.41, 5.74) is 6.88. The van der Waals surface area contributed by atoms with Crippen LogP contribution < -0.4 is 0 Å². The van der Waals surface area contributed by atoms with Crippen molar-refractivity contribution in [3.05, 3.63) is 23.4 Å². The zero-order valence-corrected chi connectivity index (χ0v) is 17.0. The number of hydrogen-bond donors (Lipinski definition) is 0. The molecule has 4 heteroatoms. The molecule has 2 nitrogen and oxygen atoms in total. The summed E-state index contributed by atoms with van der Waals surface area (Å²) in [5, 5.41) is 0. The Morgan fingerprint density at radius 2 is 1.52 bits per heavy atom. The molecule has 0 amide bonds. The lowest BCUT2D eigenvalue weighted by molar-refractivity contribution is -0.103. The first kappa shape index (κ1) is 20.4. The monoisotopic (exact) mass is 324 g/mol. The van der Waals surface area contributed by atoms with Gasteiger partial charge in [-0.3, -0.25) is 0 Å². The Morgan fingerprint density at radius 1 is 1.00 bits per heavy atom. The SMILES string of the molecule is CCOC(/C=C/C(C#C[Si](C)(C)C)=C\[Si](C)(C)C)OCC. The van der Waals surface area contributed by atoms with Crippen LogP contribution in [0, 0.1) is 11.5 Å². The fourth-order valence-corrected chi connectivity index (χ4v) is 3.14. The number of allylic oxidation sites excluding steroid dienone is 2. The highest BCUT2D eigenvalue weighted by Gasteiger charge is 2.11. The van der Waals surface area contributed by atoms with Gasteiger partial charge in [-0.05, 0) is 26.0 Å². The molecule has 0 saturated carbocycles. The van der Waals surface area contributed by atoms with Gasteiger partial charge in [-0.1, -0.05) is 50.9 Å². The Balaban J connectivity index is 5.22. The van der Waals surface area contributed by atoms with E-state index in [0.717, 1.165) is 5.57 Å². The van der Waals surface area contributed by atoms with Crippen LogP contribution in [0.2, 0.25) is 39.3 Å². The molecule has 0 fully saturated rings. The third kappa shape index (κ3) is 12.8. The van der Waals surface area contributed by atoms with Crippen LogP contribution in [0.15, 0.2) is 23.4 Å². The zero-order valence-electron chi connectivity index (χ0n) is 15.0. The van der Waals surface area contributed by atoms with E-state index in [9.17, 15) is 0 Å². The van der Waals surface area contributed by atoms with Gasteiger partial charge in [0.2, 0.25) is 0 Å². The molecule has 0 aromatic carbocycles. The minimum atomic E-state index is -1.36. The predicted octanol–water partition coefficient (Wildman–Crippen LogP) is 4.63. The van der Waals surface area contributed by atoms with Gasteiger partial charge in [-0.2, -0.15) is 0 Å². The van der Waals surface area contributed by atoms with Gasteiger partial charge < -0.3 is 9.47 Å². The number of rotatable bonds is 7. The first-order valence-electron chi connectivity index (χ1n) is 7.75. The molecule has 0 heterocycles. The van der Waals surface area contributed by atoms with Crippen molar-refractivity contribution in [1.29, 1.82) is 0 Å². The third-order valence-electron chi connectivity index (χ3n) is 2.27. The Hall–Kier alpha value is -0.606. The lowest BCUT2D eigenvalue weighted by Crippen LogP contribution is -2.18. The quantitative estimate of drug-likeness (QED) is 0.294. The van der Waals surface area contributed by atoms with Crippen molar-refractivity contribution in [3.63, 3.8) is 0 Å². The second kappa shape index (κ2) is 9.42. The van der Waals surface area contributed by atoms with Crippen LogP contribution in [0.1, 0.15) is 13.8 Å². The second-order valence-corrected chi connectivity index (χ2v) is 16.9. The van der Waals surface area contributed by atoms with E-state index >= 15 is 0 Å². The van der Waals surface area contributed by atoms with Crippen molar-refractivity contribution < 1.29 is 9.47 Å². The van der Waals surface area contributed by atoms with Crippen LogP contribution in [0.25, 0.3) is 0 Å². The summed E-state index contributed by atoms with van der Waals surface area (Å²) in [5.74, 6) is 3.37. The summed E-state index contributed by atoms with van der Waals surface area (Å²) in [6.45, 7) is 19.0. The summed E-state index contributed by atoms with van der Waals surface area (Å²) in [7, 11) is -2.67. The Bertz CT molecular complexity index is 409. The molecule has 0 saturated heterocycles. The van der Waals surface area contributed by atoms with E-state index in [1.54, 1.807) is 0 Å². The fraction of sp³-hybridized carbons (Fsp3) is 0.647. The third-order valence-corrected chi connectivity index (χ3v) is 4.32. The summed E-state index contributed by atoms with van der Waals surface area (Å²) in [6, 6.07) is 0. The topological polar surface area (TPSA) is 18.5 Å². The summed E-state index contributed by atoms with van der Waals surface area (Å²) < 4.78 is 11.1. The Labute approximate surface area is 133 Å². The molecule has 0 N–H and O–H groups in total. The highest BCUT2D eigenvalue weighted by atomic mass is 28.3. The van der Waals surface area contributed by atoms with Gasteiger partial charge in [0.1, 0.15) is 8.07 Å². The van der Waals surface area contributed by atoms with Gasteiger partial charge in [-0.25, -0.2) is 0 Å². The van der Waals surface area contributed by atoms with E-state index in [-0.39, 0.29) is 6.29 Å². The molecule has 0 bridgehead atoms. The van der Waals surface area contributed by atoms with Crippen molar-refractivity contribution in [2.24, 2.45) is 0 Å². The molecule has 0 radical (unpaired) electrons. The first-order chi connectivity index (χ1) is 9.57. The molecule has 0 aromatic heterocycles. The second-order valence-electron chi connectivity index (χ2n) is 7.10. The maximum Gasteiger partial charge on any atom is 0.177 e. The van der Waals surface area contributed by atoms with Crippen LogP contribution in [-0.4, -0.2) is 35.7 Å². The molecule has 0 atom stereocenters. The van der Waals surface area contributed by atoms with Crippen LogP contribution in [-0.2, 0) is 9.47 Å². The van der Waals surface area contributed by atoms with Gasteiger partial charge in [-0.15, -0.1) is 5.54 Å². The van der Waals surface area contributed by atoms with E-state index in [2.05, 4.69) is 62.5 Å². The first-order valence-corrected chi connectivity index (χ1v) is 14.8. The Morgan fingerprint density at radius 3 is 1.90 bits per heavy atom. The molecule has 0 aliphatic carbocycles. The lowest BCUT2D eigenvalue weighted by atomic mass is 10.3. The lowest BCUT2D eigenvalue weighted by Gasteiger charge is -2.13. The molecular weight excluding hydrogens is 292 g/mol. The Kier molecular flexibility index (Phi) is 9.15. The van der Waals surface area contributed by atoms with E-state index in [1.165, 1.54) is 0 Å². The van der Waals surface area contributed by atoms with Gasteiger partial charge in [0, 0.05) is 18.8 Å². The maximum absolute atomic E-state index is 5.54. The van der Waals surface area contributed by atoms with E-state index in [0.29, 0.717) is 13.2 Å². The largest absolute Gasteiger partial charge is 0.349 e. The normalized spacial score (nSPS) is 13.7. The van der Waals surface area contributed by atoms with Gasteiger partial charge in [0.25, 0.3) is 0 Å². The zero-order chi connectivity index (χ0) is 16.5. The van der Waals surface area contributed by atoms with E-state index in [1.807, 2.05) is 19.9 Å². The van der Waals surface area contributed by atoms with Gasteiger partial charge >= 0.3 is 0 Å². The molecule has 0 aliphatic rings.